The molecule has 132 valence electrons. The molecule has 2 fully saturated rings. The monoisotopic (exact) mass is 352 g/mol. The molecule has 0 saturated carbocycles. The molecule has 0 unspecified atom stereocenters. The maximum Gasteiger partial charge on any atom is 0.226 e. The summed E-state index contributed by atoms with van der Waals surface area (Å²) in [4.78, 5) is 16.4. The van der Waals surface area contributed by atoms with Crippen molar-refractivity contribution < 1.29 is 14.3 Å². The molecule has 0 aromatic heterocycles. The van der Waals surface area contributed by atoms with Gasteiger partial charge in [0.1, 0.15) is 12.4 Å². The van der Waals surface area contributed by atoms with Gasteiger partial charge in [-0.05, 0) is 37.1 Å². The van der Waals surface area contributed by atoms with E-state index in [-0.39, 0.29) is 17.9 Å². The lowest BCUT2D eigenvalue weighted by molar-refractivity contribution is -0.137. The maximum absolute atomic E-state index is 12.4. The molecule has 1 aromatic carbocycles. The molecule has 0 N–H and O–H groups in total. The Kier molecular flexibility index (Phi) is 5.64. The summed E-state index contributed by atoms with van der Waals surface area (Å²) in [6, 6.07) is 7.80. The number of rotatable bonds is 5. The number of hydrogen-bond acceptors (Lipinski definition) is 4. The van der Waals surface area contributed by atoms with E-state index >= 15 is 0 Å². The van der Waals surface area contributed by atoms with Crippen molar-refractivity contribution >= 4 is 17.5 Å². The van der Waals surface area contributed by atoms with Gasteiger partial charge >= 0.3 is 0 Å². The van der Waals surface area contributed by atoms with Gasteiger partial charge in [-0.25, -0.2) is 0 Å². The average Bonchev–Trinajstić information content (AvgIpc) is 3.04. The summed E-state index contributed by atoms with van der Waals surface area (Å²) < 4.78 is 11.7. The predicted octanol–water partition coefficient (Wildman–Crippen LogP) is 2.29. The van der Waals surface area contributed by atoms with Crippen molar-refractivity contribution in [3.05, 3.63) is 29.3 Å². The molecule has 0 spiro atoms. The summed E-state index contributed by atoms with van der Waals surface area (Å²) in [6.07, 6.45) is 2.04. The van der Waals surface area contributed by atoms with Crippen molar-refractivity contribution in [1.29, 1.82) is 0 Å². The Labute approximate surface area is 148 Å². The Morgan fingerprint density at radius 1 is 1.38 bits per heavy atom. The van der Waals surface area contributed by atoms with Gasteiger partial charge in [0, 0.05) is 44.9 Å². The SMILES string of the molecule is CN(C)C(=O)[C@H]1C[C@@H]2OCC[C@@H]2N(CCOc2ccc(Cl)cc2)C1. The molecule has 6 heteroatoms. The highest BCUT2D eigenvalue weighted by Crippen LogP contribution is 2.31. The van der Waals surface area contributed by atoms with Crippen LogP contribution < -0.4 is 4.74 Å². The van der Waals surface area contributed by atoms with Gasteiger partial charge in [-0.2, -0.15) is 0 Å². The predicted molar refractivity (Wildman–Crippen MR) is 93.5 cm³/mol. The Morgan fingerprint density at radius 2 is 2.12 bits per heavy atom. The van der Waals surface area contributed by atoms with Crippen molar-refractivity contribution in [3.63, 3.8) is 0 Å². The van der Waals surface area contributed by atoms with Crippen LogP contribution in [0.2, 0.25) is 5.02 Å². The first-order valence-electron chi connectivity index (χ1n) is 8.50. The lowest BCUT2D eigenvalue weighted by atomic mass is 9.89. The van der Waals surface area contributed by atoms with Gasteiger partial charge in [0.05, 0.1) is 12.0 Å². The number of piperidine rings is 1. The van der Waals surface area contributed by atoms with E-state index in [2.05, 4.69) is 4.90 Å². The van der Waals surface area contributed by atoms with Crippen LogP contribution >= 0.6 is 11.6 Å². The highest BCUT2D eigenvalue weighted by atomic mass is 35.5. The van der Waals surface area contributed by atoms with Crippen LogP contribution in [0.3, 0.4) is 0 Å². The molecule has 0 bridgehead atoms. The summed E-state index contributed by atoms with van der Waals surface area (Å²) in [5.41, 5.74) is 0. The van der Waals surface area contributed by atoms with Crippen LogP contribution in [0.4, 0.5) is 0 Å². The largest absolute Gasteiger partial charge is 0.492 e. The highest BCUT2D eigenvalue weighted by molar-refractivity contribution is 6.30. The van der Waals surface area contributed by atoms with Gasteiger partial charge in [-0.15, -0.1) is 0 Å². The quantitative estimate of drug-likeness (QED) is 0.815. The zero-order valence-electron chi connectivity index (χ0n) is 14.3. The molecular formula is C18H25ClN2O3. The molecule has 0 radical (unpaired) electrons. The second-order valence-electron chi connectivity index (χ2n) is 6.73. The molecule has 1 amide bonds. The molecule has 0 aliphatic carbocycles. The van der Waals surface area contributed by atoms with Crippen LogP contribution in [0.1, 0.15) is 12.8 Å². The minimum Gasteiger partial charge on any atom is -0.492 e. The lowest BCUT2D eigenvalue weighted by Gasteiger charge is -2.40. The number of likely N-dealkylation sites (tertiary alicyclic amines) is 1. The zero-order chi connectivity index (χ0) is 17.1. The van der Waals surface area contributed by atoms with E-state index in [4.69, 9.17) is 21.1 Å². The van der Waals surface area contributed by atoms with Gasteiger partial charge < -0.3 is 14.4 Å². The van der Waals surface area contributed by atoms with Crippen LogP contribution in [0.15, 0.2) is 24.3 Å². The Hall–Kier alpha value is -1.30. The third kappa shape index (κ3) is 4.02. The number of amides is 1. The smallest absolute Gasteiger partial charge is 0.226 e. The molecule has 3 rings (SSSR count). The van der Waals surface area contributed by atoms with Crippen molar-refractivity contribution in [2.24, 2.45) is 5.92 Å². The van der Waals surface area contributed by atoms with Crippen LogP contribution in [0.5, 0.6) is 5.75 Å². The topological polar surface area (TPSA) is 42.0 Å². The number of benzene rings is 1. The second kappa shape index (κ2) is 7.72. The van der Waals surface area contributed by atoms with Crippen LogP contribution in [0, 0.1) is 5.92 Å². The van der Waals surface area contributed by atoms with Crippen molar-refractivity contribution in [3.8, 4) is 5.75 Å². The number of carbonyl (C=O) groups is 1. The van der Waals surface area contributed by atoms with Crippen LogP contribution in [-0.2, 0) is 9.53 Å². The van der Waals surface area contributed by atoms with Crippen LogP contribution in [-0.4, -0.2) is 68.3 Å². The first-order valence-corrected chi connectivity index (χ1v) is 8.87. The third-order valence-corrected chi connectivity index (χ3v) is 5.12. The Morgan fingerprint density at radius 3 is 2.83 bits per heavy atom. The summed E-state index contributed by atoms with van der Waals surface area (Å²) in [7, 11) is 3.63. The number of ether oxygens (including phenoxy) is 2. The van der Waals surface area contributed by atoms with E-state index in [9.17, 15) is 4.79 Å². The summed E-state index contributed by atoms with van der Waals surface area (Å²) in [5.74, 6) is 1.01. The van der Waals surface area contributed by atoms with Gasteiger partial charge in [-0.3, -0.25) is 9.69 Å². The molecule has 5 nitrogen and oxygen atoms in total. The van der Waals surface area contributed by atoms with E-state index in [1.165, 1.54) is 0 Å². The number of fused-ring (bicyclic) bond motifs is 1. The molecule has 2 aliphatic rings. The molecule has 2 aliphatic heterocycles. The molecule has 24 heavy (non-hydrogen) atoms. The van der Waals surface area contributed by atoms with Gasteiger partial charge in [0.25, 0.3) is 0 Å². The van der Waals surface area contributed by atoms with Gasteiger partial charge in [0.2, 0.25) is 5.91 Å². The number of halogens is 1. The maximum atomic E-state index is 12.4. The molecule has 3 atom stereocenters. The summed E-state index contributed by atoms with van der Waals surface area (Å²) in [6.45, 7) is 2.95. The fourth-order valence-corrected chi connectivity index (χ4v) is 3.79. The third-order valence-electron chi connectivity index (χ3n) is 4.87. The first kappa shape index (κ1) is 17.5. The molecule has 1 aromatic rings. The van der Waals surface area contributed by atoms with Crippen LogP contribution in [0.25, 0.3) is 0 Å². The number of hydrogen-bond donors (Lipinski definition) is 0. The average molecular weight is 353 g/mol. The summed E-state index contributed by atoms with van der Waals surface area (Å²) >= 11 is 5.89. The van der Waals surface area contributed by atoms with Gasteiger partial charge in [0.15, 0.2) is 0 Å². The van der Waals surface area contributed by atoms with Crippen molar-refractivity contribution in [2.45, 2.75) is 25.0 Å². The fraction of sp³-hybridized carbons (Fsp3) is 0.611. The van der Waals surface area contributed by atoms with Crippen molar-refractivity contribution in [1.82, 2.24) is 9.80 Å². The van der Waals surface area contributed by atoms with E-state index in [1.807, 2.05) is 38.4 Å². The van der Waals surface area contributed by atoms with E-state index in [1.54, 1.807) is 4.90 Å². The lowest BCUT2D eigenvalue weighted by Crippen LogP contribution is -2.53. The van der Waals surface area contributed by atoms with E-state index < -0.39 is 0 Å². The van der Waals surface area contributed by atoms with Crippen molar-refractivity contribution in [2.75, 3.05) is 40.4 Å². The zero-order valence-corrected chi connectivity index (χ0v) is 15.0. The number of carbonyl (C=O) groups excluding carboxylic acids is 1. The van der Waals surface area contributed by atoms with Gasteiger partial charge in [-0.1, -0.05) is 11.6 Å². The Bertz CT molecular complexity index is 564. The molecule has 2 heterocycles. The standard InChI is InChI=1S/C18H25ClN2O3/c1-20(2)18(22)13-11-17-16(7-9-24-17)21(12-13)8-10-23-15-5-3-14(19)4-6-15/h3-6,13,16-17H,7-12H2,1-2H3/t13-,16-,17-/m0/s1. The second-order valence-corrected chi connectivity index (χ2v) is 7.16. The highest BCUT2D eigenvalue weighted by Gasteiger charge is 2.42. The van der Waals surface area contributed by atoms with E-state index in [0.29, 0.717) is 17.7 Å². The molecular weight excluding hydrogens is 328 g/mol. The fourth-order valence-electron chi connectivity index (χ4n) is 3.67. The summed E-state index contributed by atoms with van der Waals surface area (Å²) in [5, 5.41) is 0.703. The molecule has 2 saturated heterocycles. The normalized spacial score (nSPS) is 26.9. The number of nitrogens with zero attached hydrogens (tertiary/aromatic N) is 2. The van der Waals surface area contributed by atoms with E-state index in [0.717, 1.165) is 38.3 Å². The Balaban J connectivity index is 1.57. The minimum atomic E-state index is 0.00915. The first-order chi connectivity index (χ1) is 11.5. The minimum absolute atomic E-state index is 0.00915.